The van der Waals surface area contributed by atoms with Crippen LogP contribution in [-0.2, 0) is 0 Å². The predicted molar refractivity (Wildman–Crippen MR) is 282 cm³/mol. The molecule has 13 rings (SSSR count). The monoisotopic (exact) mass is 854 g/mol. The van der Waals surface area contributed by atoms with Gasteiger partial charge in [-0.1, -0.05) is 200 Å². The Labute approximate surface area is 388 Å². The van der Waals surface area contributed by atoms with Crippen molar-refractivity contribution in [1.29, 1.82) is 0 Å². The number of anilines is 3. The fraction of sp³-hybridized carbons (Fsp3) is 0. The van der Waals surface area contributed by atoms with E-state index in [1.807, 2.05) is 0 Å². The van der Waals surface area contributed by atoms with Crippen molar-refractivity contribution >= 4 is 71.6 Å². The van der Waals surface area contributed by atoms with Crippen molar-refractivity contribution < 1.29 is 4.42 Å². The van der Waals surface area contributed by atoms with E-state index >= 15 is 0 Å². The van der Waals surface area contributed by atoms with Gasteiger partial charge in [0.2, 0.25) is 0 Å². The van der Waals surface area contributed by atoms with E-state index in [9.17, 15) is 0 Å². The Balaban J connectivity index is 0.926. The highest BCUT2D eigenvalue weighted by molar-refractivity contribution is 6.24. The average molecular weight is 855 g/mol. The zero-order valence-electron chi connectivity index (χ0n) is 36.6. The van der Waals surface area contributed by atoms with Gasteiger partial charge in [-0.05, 0) is 98.8 Å². The van der Waals surface area contributed by atoms with Gasteiger partial charge in [-0.2, -0.15) is 0 Å². The first-order chi connectivity index (χ1) is 33.2. The molecule has 0 unspecified atom stereocenters. The minimum absolute atomic E-state index is 0.846. The Morgan fingerprint density at radius 1 is 0.328 bits per heavy atom. The Bertz CT molecular complexity index is 3930. The molecule has 0 atom stereocenters. The first-order valence-corrected chi connectivity index (χ1v) is 22.9. The highest BCUT2D eigenvalue weighted by Crippen LogP contribution is 2.47. The van der Waals surface area contributed by atoms with E-state index in [0.29, 0.717) is 0 Å². The van der Waals surface area contributed by atoms with E-state index in [-0.39, 0.29) is 0 Å². The predicted octanol–water partition coefficient (Wildman–Crippen LogP) is 18.0. The highest BCUT2D eigenvalue weighted by atomic mass is 16.3. The van der Waals surface area contributed by atoms with Crippen LogP contribution in [0.25, 0.3) is 105 Å². The maximum atomic E-state index is 7.17. The second kappa shape index (κ2) is 16.0. The van der Waals surface area contributed by atoms with E-state index < -0.39 is 0 Å². The molecule has 0 aliphatic carbocycles. The number of hydrogen-bond donors (Lipinski definition) is 0. The van der Waals surface area contributed by atoms with Gasteiger partial charge < -0.3 is 13.9 Å². The molecule has 0 N–H and O–H groups in total. The highest BCUT2D eigenvalue weighted by Gasteiger charge is 2.23. The van der Waals surface area contributed by atoms with E-state index in [1.165, 1.54) is 54.8 Å². The number of para-hydroxylation sites is 4. The third kappa shape index (κ3) is 6.51. The number of rotatable bonds is 8. The van der Waals surface area contributed by atoms with Gasteiger partial charge in [0.15, 0.2) is 5.58 Å². The van der Waals surface area contributed by atoms with Gasteiger partial charge >= 0.3 is 0 Å². The van der Waals surface area contributed by atoms with Crippen molar-refractivity contribution in [1.82, 2.24) is 4.57 Å². The van der Waals surface area contributed by atoms with Crippen LogP contribution in [0, 0.1) is 0 Å². The number of furan rings is 1. The molecule has 2 aromatic heterocycles. The molecule has 3 heteroatoms. The van der Waals surface area contributed by atoms with Gasteiger partial charge in [0.1, 0.15) is 5.58 Å². The molecule has 0 aliphatic heterocycles. The third-order valence-electron chi connectivity index (χ3n) is 13.4. The van der Waals surface area contributed by atoms with Crippen LogP contribution in [0.3, 0.4) is 0 Å². The molecular formula is C64H42N2O. The maximum Gasteiger partial charge on any atom is 0.159 e. The van der Waals surface area contributed by atoms with Crippen LogP contribution in [0.4, 0.5) is 17.1 Å². The summed E-state index contributed by atoms with van der Waals surface area (Å²) in [6, 6.07) is 91.6. The molecule has 0 amide bonds. The van der Waals surface area contributed by atoms with Crippen molar-refractivity contribution in [2.75, 3.05) is 4.90 Å². The molecule has 13 aromatic rings. The summed E-state index contributed by atoms with van der Waals surface area (Å²) in [7, 11) is 0. The summed E-state index contributed by atoms with van der Waals surface area (Å²) in [5.74, 6) is 0. The molecule has 0 bridgehead atoms. The van der Waals surface area contributed by atoms with Gasteiger partial charge in [-0.15, -0.1) is 0 Å². The number of fused-ring (bicyclic) bond motifs is 8. The van der Waals surface area contributed by atoms with Crippen molar-refractivity contribution in [2.24, 2.45) is 0 Å². The van der Waals surface area contributed by atoms with Gasteiger partial charge in [0.05, 0.1) is 16.7 Å². The topological polar surface area (TPSA) is 21.3 Å². The summed E-state index contributed by atoms with van der Waals surface area (Å²) in [6.07, 6.45) is 0. The van der Waals surface area contributed by atoms with Gasteiger partial charge in [0.25, 0.3) is 0 Å². The summed E-state index contributed by atoms with van der Waals surface area (Å²) < 4.78 is 9.57. The quantitative estimate of drug-likeness (QED) is 0.152. The average Bonchev–Trinajstić information content (AvgIpc) is 3.97. The Morgan fingerprint density at radius 2 is 0.821 bits per heavy atom. The molecule has 67 heavy (non-hydrogen) atoms. The lowest BCUT2D eigenvalue weighted by molar-refractivity contribution is 0.670. The van der Waals surface area contributed by atoms with Crippen LogP contribution in [0.1, 0.15) is 0 Å². The third-order valence-corrected chi connectivity index (χ3v) is 13.4. The maximum absolute atomic E-state index is 7.17. The Kier molecular flexibility index (Phi) is 9.17. The van der Waals surface area contributed by atoms with Crippen LogP contribution in [-0.4, -0.2) is 4.57 Å². The van der Waals surface area contributed by atoms with Crippen molar-refractivity contribution in [3.05, 3.63) is 255 Å². The fourth-order valence-corrected chi connectivity index (χ4v) is 10.2. The molecule has 0 saturated carbocycles. The first kappa shape index (κ1) is 38.5. The molecule has 0 spiro atoms. The van der Waals surface area contributed by atoms with Gasteiger partial charge in [-0.25, -0.2) is 0 Å². The van der Waals surface area contributed by atoms with Crippen molar-refractivity contribution in [3.8, 4) is 50.2 Å². The summed E-state index contributed by atoms with van der Waals surface area (Å²) in [4.78, 5) is 2.34. The van der Waals surface area contributed by atoms with Crippen LogP contribution in [0.2, 0.25) is 0 Å². The minimum atomic E-state index is 0.846. The molecular weight excluding hydrogens is 813 g/mol. The summed E-state index contributed by atoms with van der Waals surface area (Å²) in [5, 5.41) is 7.08. The van der Waals surface area contributed by atoms with Gasteiger partial charge in [0, 0.05) is 49.7 Å². The van der Waals surface area contributed by atoms with Crippen LogP contribution in [0.5, 0.6) is 0 Å². The second-order valence-electron chi connectivity index (χ2n) is 17.2. The smallest absolute Gasteiger partial charge is 0.159 e. The minimum Gasteiger partial charge on any atom is -0.453 e. The lowest BCUT2D eigenvalue weighted by atomic mass is 9.96. The van der Waals surface area contributed by atoms with E-state index in [2.05, 4.69) is 264 Å². The summed E-state index contributed by atoms with van der Waals surface area (Å²) >= 11 is 0. The molecule has 0 saturated heterocycles. The number of aromatic nitrogens is 1. The van der Waals surface area contributed by atoms with E-state index in [1.54, 1.807) is 0 Å². The zero-order valence-corrected chi connectivity index (χ0v) is 36.6. The number of hydrogen-bond acceptors (Lipinski definition) is 2. The summed E-state index contributed by atoms with van der Waals surface area (Å²) in [6.45, 7) is 0. The lowest BCUT2D eigenvalue weighted by Gasteiger charge is -2.26. The fourth-order valence-electron chi connectivity index (χ4n) is 10.2. The molecule has 0 radical (unpaired) electrons. The standard InChI is InChI=1S/C64H42N2O/c1-4-16-43(17-5-1)45-34-38-51(39-35-45)65(60-29-15-27-57-61-53-23-11-10-20-49(53)42-58(64(61)67-63(57)60)47-18-6-2-7-19-47)52-40-36-46(37-41-52)44-30-32-48(33-31-44)54-25-14-26-56-55-24-12-13-28-59(55)66(62(54)56)50-21-8-3-9-22-50/h1-42H. The molecule has 0 aliphatic rings. The molecule has 314 valence electrons. The Hall–Kier alpha value is -8.92. The van der Waals surface area contributed by atoms with Gasteiger partial charge in [-0.3, -0.25) is 0 Å². The van der Waals surface area contributed by atoms with Crippen LogP contribution in [0.15, 0.2) is 259 Å². The molecule has 3 nitrogen and oxygen atoms in total. The Morgan fingerprint density at radius 3 is 1.51 bits per heavy atom. The molecule has 11 aromatic carbocycles. The zero-order chi connectivity index (χ0) is 44.3. The van der Waals surface area contributed by atoms with E-state index in [0.717, 1.165) is 66.9 Å². The largest absolute Gasteiger partial charge is 0.453 e. The lowest BCUT2D eigenvalue weighted by Crippen LogP contribution is -2.10. The van der Waals surface area contributed by atoms with Crippen molar-refractivity contribution in [3.63, 3.8) is 0 Å². The SMILES string of the molecule is c1ccc(-c2ccc(N(c3ccc(-c4ccc(-c5cccc6c7ccccc7n(-c7ccccc7)c56)cc4)cc3)c3cccc4c3oc3c(-c5ccccc5)cc5ccccc5c34)cc2)cc1. The first-order valence-electron chi connectivity index (χ1n) is 22.9. The number of nitrogens with zero attached hydrogens (tertiary/aromatic N) is 2. The normalized spacial score (nSPS) is 11.6. The second-order valence-corrected chi connectivity index (χ2v) is 17.2. The number of benzene rings is 11. The van der Waals surface area contributed by atoms with Crippen LogP contribution >= 0.6 is 0 Å². The van der Waals surface area contributed by atoms with E-state index in [4.69, 9.17) is 4.42 Å². The molecule has 2 heterocycles. The van der Waals surface area contributed by atoms with Crippen molar-refractivity contribution in [2.45, 2.75) is 0 Å². The van der Waals surface area contributed by atoms with Crippen LogP contribution < -0.4 is 4.90 Å². The summed E-state index contributed by atoms with van der Waals surface area (Å²) in [5.41, 5.74) is 17.6. The molecule has 0 fully saturated rings.